The van der Waals surface area contributed by atoms with Gasteiger partial charge in [-0.1, -0.05) is 29.8 Å². The number of hydrogen-bond donors (Lipinski definition) is 3. The number of nitrogens with one attached hydrogen (secondary N) is 2. The van der Waals surface area contributed by atoms with Gasteiger partial charge in [0.1, 0.15) is 5.75 Å². The zero-order chi connectivity index (χ0) is 14.4. The van der Waals surface area contributed by atoms with E-state index in [0.29, 0.717) is 23.7 Å². The molecule has 3 N–H and O–H groups in total. The van der Waals surface area contributed by atoms with Crippen LogP contribution in [0.3, 0.4) is 0 Å². The van der Waals surface area contributed by atoms with E-state index in [2.05, 4.69) is 10.6 Å². The summed E-state index contributed by atoms with van der Waals surface area (Å²) in [7, 11) is 0. The number of amides is 2. The Morgan fingerprint density at radius 2 is 1.80 bits per heavy atom. The molecule has 0 aliphatic carbocycles. The van der Waals surface area contributed by atoms with Gasteiger partial charge in [0, 0.05) is 17.3 Å². The summed E-state index contributed by atoms with van der Waals surface area (Å²) in [6.07, 6.45) is 0.669. The van der Waals surface area contributed by atoms with Crippen molar-refractivity contribution in [3.05, 3.63) is 59.1 Å². The fourth-order valence-electron chi connectivity index (χ4n) is 1.73. The van der Waals surface area contributed by atoms with E-state index in [1.54, 1.807) is 12.1 Å². The van der Waals surface area contributed by atoms with E-state index >= 15 is 0 Å². The van der Waals surface area contributed by atoms with Crippen molar-refractivity contribution in [3.8, 4) is 5.75 Å². The lowest BCUT2D eigenvalue weighted by atomic mass is 10.1. The molecule has 2 aromatic carbocycles. The molecule has 2 rings (SSSR count). The average Bonchev–Trinajstić information content (AvgIpc) is 2.43. The highest BCUT2D eigenvalue weighted by molar-refractivity contribution is 6.31. The highest BCUT2D eigenvalue weighted by Crippen LogP contribution is 2.15. The lowest BCUT2D eigenvalue weighted by molar-refractivity contribution is 0.252. The summed E-state index contributed by atoms with van der Waals surface area (Å²) in [4.78, 5) is 11.7. The Labute approximate surface area is 122 Å². The van der Waals surface area contributed by atoms with Crippen LogP contribution in [0.15, 0.2) is 48.5 Å². The first-order chi connectivity index (χ1) is 9.65. The van der Waals surface area contributed by atoms with Crippen molar-refractivity contribution in [2.24, 2.45) is 0 Å². The van der Waals surface area contributed by atoms with Gasteiger partial charge in [-0.2, -0.15) is 0 Å². The Bertz CT molecular complexity index is 585. The van der Waals surface area contributed by atoms with Crippen LogP contribution >= 0.6 is 11.6 Å². The van der Waals surface area contributed by atoms with E-state index in [0.717, 1.165) is 5.56 Å². The molecule has 5 heteroatoms. The van der Waals surface area contributed by atoms with Crippen LogP contribution in [0, 0.1) is 0 Å². The number of carbonyl (C=O) groups excluding carboxylic acids is 1. The number of phenols is 1. The molecule has 0 spiro atoms. The van der Waals surface area contributed by atoms with Crippen LogP contribution in [0.25, 0.3) is 0 Å². The van der Waals surface area contributed by atoms with Crippen LogP contribution in [-0.4, -0.2) is 17.7 Å². The second-order valence-corrected chi connectivity index (χ2v) is 4.68. The Morgan fingerprint density at radius 3 is 2.50 bits per heavy atom. The van der Waals surface area contributed by atoms with Crippen LogP contribution in [0.5, 0.6) is 5.75 Å². The zero-order valence-corrected chi connectivity index (χ0v) is 11.5. The van der Waals surface area contributed by atoms with Crippen molar-refractivity contribution in [2.75, 3.05) is 11.9 Å². The minimum absolute atomic E-state index is 0.162. The molecule has 0 saturated heterocycles. The molecule has 0 atom stereocenters. The molecular weight excluding hydrogens is 276 g/mol. The molecule has 0 aromatic heterocycles. The molecule has 0 bridgehead atoms. The average molecular weight is 291 g/mol. The maximum absolute atomic E-state index is 11.7. The van der Waals surface area contributed by atoms with Crippen molar-refractivity contribution in [3.63, 3.8) is 0 Å². The quantitative estimate of drug-likeness (QED) is 0.756. The largest absolute Gasteiger partial charge is 0.508 e. The van der Waals surface area contributed by atoms with E-state index in [1.807, 2.05) is 24.3 Å². The van der Waals surface area contributed by atoms with Gasteiger partial charge in [0.05, 0.1) is 0 Å². The molecule has 0 unspecified atom stereocenters. The highest BCUT2D eigenvalue weighted by Gasteiger charge is 2.03. The van der Waals surface area contributed by atoms with Gasteiger partial charge in [-0.05, 0) is 42.3 Å². The third-order valence-corrected chi connectivity index (χ3v) is 3.13. The zero-order valence-electron chi connectivity index (χ0n) is 10.8. The monoisotopic (exact) mass is 290 g/mol. The summed E-state index contributed by atoms with van der Waals surface area (Å²) in [6, 6.07) is 13.5. The number of hydrogen-bond acceptors (Lipinski definition) is 2. The van der Waals surface area contributed by atoms with Gasteiger partial charge < -0.3 is 15.7 Å². The first-order valence-electron chi connectivity index (χ1n) is 6.22. The molecule has 2 aromatic rings. The molecule has 0 radical (unpaired) electrons. The number of anilines is 1. The summed E-state index contributed by atoms with van der Waals surface area (Å²) >= 11 is 6.03. The highest BCUT2D eigenvalue weighted by atomic mass is 35.5. The van der Waals surface area contributed by atoms with Gasteiger partial charge in [-0.15, -0.1) is 0 Å². The lowest BCUT2D eigenvalue weighted by Gasteiger charge is -2.08. The topological polar surface area (TPSA) is 61.4 Å². The Hall–Kier alpha value is -2.20. The van der Waals surface area contributed by atoms with Crippen LogP contribution in [0.1, 0.15) is 5.56 Å². The molecule has 0 aliphatic heterocycles. The summed E-state index contributed by atoms with van der Waals surface area (Å²) in [6.45, 7) is 0.494. The fraction of sp³-hybridized carbons (Fsp3) is 0.133. The minimum Gasteiger partial charge on any atom is -0.508 e. The summed E-state index contributed by atoms with van der Waals surface area (Å²) in [5.74, 6) is 0.162. The predicted octanol–water partition coefficient (Wildman–Crippen LogP) is 3.41. The number of aromatic hydroxyl groups is 1. The smallest absolute Gasteiger partial charge is 0.319 e. The van der Waals surface area contributed by atoms with Gasteiger partial charge in [-0.25, -0.2) is 4.79 Å². The molecule has 0 heterocycles. The van der Waals surface area contributed by atoms with Crippen LogP contribution in [0.2, 0.25) is 5.02 Å². The first kappa shape index (κ1) is 14.2. The van der Waals surface area contributed by atoms with Gasteiger partial charge in [0.15, 0.2) is 0 Å². The van der Waals surface area contributed by atoms with E-state index in [4.69, 9.17) is 16.7 Å². The molecule has 2 amide bonds. The standard InChI is InChI=1S/C15H15ClN2O2/c16-14-4-2-1-3-11(14)9-10-17-15(20)18-12-5-7-13(19)8-6-12/h1-8,19H,9-10H2,(H2,17,18,20). The summed E-state index contributed by atoms with van der Waals surface area (Å²) in [5, 5.41) is 15.3. The summed E-state index contributed by atoms with van der Waals surface area (Å²) in [5.41, 5.74) is 1.62. The van der Waals surface area contributed by atoms with Gasteiger partial charge in [-0.3, -0.25) is 0 Å². The lowest BCUT2D eigenvalue weighted by Crippen LogP contribution is -2.30. The Morgan fingerprint density at radius 1 is 1.10 bits per heavy atom. The van der Waals surface area contributed by atoms with E-state index in [-0.39, 0.29) is 11.8 Å². The van der Waals surface area contributed by atoms with E-state index < -0.39 is 0 Å². The van der Waals surface area contributed by atoms with E-state index in [9.17, 15) is 4.79 Å². The van der Waals surface area contributed by atoms with Crippen LogP contribution in [-0.2, 0) is 6.42 Å². The number of halogens is 1. The first-order valence-corrected chi connectivity index (χ1v) is 6.60. The van der Waals surface area contributed by atoms with Crippen molar-refractivity contribution in [1.82, 2.24) is 5.32 Å². The second kappa shape index (κ2) is 6.82. The van der Waals surface area contributed by atoms with Gasteiger partial charge in [0.2, 0.25) is 0 Å². The third-order valence-electron chi connectivity index (χ3n) is 2.76. The van der Waals surface area contributed by atoms with Gasteiger partial charge in [0.25, 0.3) is 0 Å². The van der Waals surface area contributed by atoms with Crippen LogP contribution < -0.4 is 10.6 Å². The SMILES string of the molecule is O=C(NCCc1ccccc1Cl)Nc1ccc(O)cc1. The number of carbonyl (C=O) groups is 1. The number of urea groups is 1. The molecule has 0 fully saturated rings. The summed E-state index contributed by atoms with van der Waals surface area (Å²) < 4.78 is 0. The maximum Gasteiger partial charge on any atom is 0.319 e. The fourth-order valence-corrected chi connectivity index (χ4v) is 1.96. The molecule has 20 heavy (non-hydrogen) atoms. The van der Waals surface area contributed by atoms with Crippen molar-refractivity contribution < 1.29 is 9.90 Å². The molecule has 0 aliphatic rings. The van der Waals surface area contributed by atoms with Gasteiger partial charge >= 0.3 is 6.03 Å². The number of phenolic OH excluding ortho intramolecular Hbond substituents is 1. The molecular formula is C15H15ClN2O2. The number of rotatable bonds is 4. The van der Waals surface area contributed by atoms with Crippen molar-refractivity contribution in [2.45, 2.75) is 6.42 Å². The molecule has 104 valence electrons. The minimum atomic E-state index is -0.289. The van der Waals surface area contributed by atoms with Crippen LogP contribution in [0.4, 0.5) is 10.5 Å². The molecule has 0 saturated carbocycles. The van der Waals surface area contributed by atoms with Crippen molar-refractivity contribution >= 4 is 23.3 Å². The Balaban J connectivity index is 1.78. The van der Waals surface area contributed by atoms with E-state index in [1.165, 1.54) is 12.1 Å². The third kappa shape index (κ3) is 4.17. The second-order valence-electron chi connectivity index (χ2n) is 4.27. The maximum atomic E-state index is 11.7. The predicted molar refractivity (Wildman–Crippen MR) is 80.3 cm³/mol. The van der Waals surface area contributed by atoms with Crippen molar-refractivity contribution in [1.29, 1.82) is 0 Å². The normalized spacial score (nSPS) is 10.1. The Kier molecular flexibility index (Phi) is 4.85. The molecule has 4 nitrogen and oxygen atoms in total. The number of benzene rings is 2.